The Kier molecular flexibility index (Phi) is 8.24. The summed E-state index contributed by atoms with van der Waals surface area (Å²) in [5.74, 6) is -2.40. The molecule has 0 saturated carbocycles. The van der Waals surface area contributed by atoms with Gasteiger partial charge < -0.3 is 26.5 Å². The number of nitrogens with one attached hydrogen (secondary N) is 3. The number of aliphatic carboxylic acids is 1. The van der Waals surface area contributed by atoms with E-state index in [-0.39, 0.29) is 18.3 Å². The zero-order chi connectivity index (χ0) is 19.9. The molecule has 1 aromatic rings. The number of nitrogens with two attached hydrogens (primary N) is 1. The minimum Gasteiger partial charge on any atom is -0.480 e. The minimum atomic E-state index is -1.17. The smallest absolute Gasteiger partial charge is 0.326 e. The van der Waals surface area contributed by atoms with Gasteiger partial charge in [-0.05, 0) is 11.8 Å². The molecule has 4 unspecified atom stereocenters. The summed E-state index contributed by atoms with van der Waals surface area (Å²) >= 11 is 0. The summed E-state index contributed by atoms with van der Waals surface area (Å²) in [6.07, 6.45) is 3.63. The van der Waals surface area contributed by atoms with E-state index in [1.165, 1.54) is 12.5 Å². The van der Waals surface area contributed by atoms with E-state index in [9.17, 15) is 19.5 Å². The second kappa shape index (κ2) is 9.91. The number of hydrogen-bond acceptors (Lipinski definition) is 5. The lowest BCUT2D eigenvalue weighted by Gasteiger charge is -2.27. The number of nitrogens with zero attached hydrogens (tertiary/aromatic N) is 1. The van der Waals surface area contributed by atoms with Crippen LogP contribution in [0.2, 0.25) is 0 Å². The topological polar surface area (TPSA) is 150 Å². The van der Waals surface area contributed by atoms with Crippen molar-refractivity contribution in [2.75, 3.05) is 0 Å². The van der Waals surface area contributed by atoms with Crippen molar-refractivity contribution in [3.8, 4) is 0 Å². The summed E-state index contributed by atoms with van der Waals surface area (Å²) in [5.41, 5.74) is 6.43. The van der Waals surface area contributed by atoms with Crippen molar-refractivity contribution in [3.05, 3.63) is 18.2 Å². The van der Waals surface area contributed by atoms with Crippen molar-refractivity contribution < 1.29 is 19.5 Å². The van der Waals surface area contributed by atoms with Crippen LogP contribution in [-0.4, -0.2) is 51.0 Å². The Morgan fingerprint density at radius 3 is 2.35 bits per heavy atom. The molecule has 6 N–H and O–H groups in total. The number of carboxylic acids is 1. The first-order valence-corrected chi connectivity index (χ1v) is 8.73. The van der Waals surface area contributed by atoms with Crippen molar-refractivity contribution in [1.29, 1.82) is 0 Å². The third-order valence-corrected chi connectivity index (χ3v) is 4.41. The molecule has 26 heavy (non-hydrogen) atoms. The SMILES string of the molecule is CCC(C)C(NC(=O)C(N)C(C)C)C(=O)NC(Cc1cnc[nH]1)C(=O)O. The first-order chi connectivity index (χ1) is 12.2. The molecule has 0 spiro atoms. The van der Waals surface area contributed by atoms with E-state index < -0.39 is 35.9 Å². The zero-order valence-electron chi connectivity index (χ0n) is 15.7. The summed E-state index contributed by atoms with van der Waals surface area (Å²) in [6.45, 7) is 7.33. The second-order valence-electron chi connectivity index (χ2n) is 6.82. The summed E-state index contributed by atoms with van der Waals surface area (Å²) in [5, 5.41) is 14.5. The van der Waals surface area contributed by atoms with Crippen molar-refractivity contribution in [1.82, 2.24) is 20.6 Å². The molecule has 4 atom stereocenters. The molecule has 0 aliphatic carbocycles. The Hall–Kier alpha value is -2.42. The predicted octanol–water partition coefficient (Wildman–Crippen LogP) is 0.0358. The molecule has 0 fully saturated rings. The Labute approximate surface area is 153 Å². The minimum absolute atomic E-state index is 0.0632. The molecule has 1 aromatic heterocycles. The van der Waals surface area contributed by atoms with Crippen molar-refractivity contribution in [3.63, 3.8) is 0 Å². The van der Waals surface area contributed by atoms with E-state index in [1.54, 1.807) is 0 Å². The average molecular weight is 367 g/mol. The van der Waals surface area contributed by atoms with E-state index in [4.69, 9.17) is 5.73 Å². The molecule has 0 radical (unpaired) electrons. The Morgan fingerprint density at radius 1 is 1.23 bits per heavy atom. The van der Waals surface area contributed by atoms with E-state index in [2.05, 4.69) is 20.6 Å². The molecule has 0 bridgehead atoms. The zero-order valence-corrected chi connectivity index (χ0v) is 15.7. The van der Waals surface area contributed by atoms with Gasteiger partial charge in [-0.3, -0.25) is 9.59 Å². The van der Waals surface area contributed by atoms with Crippen LogP contribution in [0.25, 0.3) is 0 Å². The molecule has 1 heterocycles. The van der Waals surface area contributed by atoms with Crippen LogP contribution in [-0.2, 0) is 20.8 Å². The third kappa shape index (κ3) is 6.14. The number of rotatable bonds is 10. The van der Waals surface area contributed by atoms with Gasteiger partial charge >= 0.3 is 5.97 Å². The van der Waals surface area contributed by atoms with Crippen LogP contribution in [0.4, 0.5) is 0 Å². The lowest BCUT2D eigenvalue weighted by molar-refractivity contribution is -0.142. The Morgan fingerprint density at radius 2 is 1.88 bits per heavy atom. The number of hydrogen-bond donors (Lipinski definition) is 5. The molecule has 9 heteroatoms. The van der Waals surface area contributed by atoms with Crippen LogP contribution in [0.15, 0.2) is 12.5 Å². The van der Waals surface area contributed by atoms with Gasteiger partial charge in [0.15, 0.2) is 0 Å². The van der Waals surface area contributed by atoms with E-state index in [0.717, 1.165) is 0 Å². The number of carbonyl (C=O) groups excluding carboxylic acids is 2. The van der Waals surface area contributed by atoms with Crippen LogP contribution < -0.4 is 16.4 Å². The molecule has 0 aliphatic heterocycles. The molecule has 0 saturated heterocycles. The Balaban J connectivity index is 2.86. The molecule has 9 nitrogen and oxygen atoms in total. The maximum absolute atomic E-state index is 12.7. The van der Waals surface area contributed by atoms with Gasteiger partial charge in [0.1, 0.15) is 12.1 Å². The van der Waals surface area contributed by atoms with Crippen molar-refractivity contribution >= 4 is 17.8 Å². The summed E-state index contributed by atoms with van der Waals surface area (Å²) in [4.78, 5) is 43.0. The molecular weight excluding hydrogens is 338 g/mol. The van der Waals surface area contributed by atoms with Crippen LogP contribution in [0.3, 0.4) is 0 Å². The van der Waals surface area contributed by atoms with Crippen molar-refractivity contribution in [2.45, 2.75) is 58.7 Å². The van der Waals surface area contributed by atoms with Gasteiger partial charge in [0, 0.05) is 18.3 Å². The van der Waals surface area contributed by atoms with Gasteiger partial charge in [-0.2, -0.15) is 0 Å². The lowest BCUT2D eigenvalue weighted by atomic mass is 9.96. The fourth-order valence-corrected chi connectivity index (χ4v) is 2.33. The normalized spacial score (nSPS) is 15.8. The van der Waals surface area contributed by atoms with Gasteiger partial charge in [0.25, 0.3) is 0 Å². The maximum atomic E-state index is 12.7. The van der Waals surface area contributed by atoms with Crippen LogP contribution in [0.5, 0.6) is 0 Å². The van der Waals surface area contributed by atoms with Gasteiger partial charge in [0.05, 0.1) is 12.4 Å². The largest absolute Gasteiger partial charge is 0.480 e. The lowest BCUT2D eigenvalue weighted by Crippen LogP contribution is -2.57. The van der Waals surface area contributed by atoms with E-state index >= 15 is 0 Å². The van der Waals surface area contributed by atoms with Crippen LogP contribution >= 0.6 is 0 Å². The van der Waals surface area contributed by atoms with Crippen LogP contribution in [0.1, 0.15) is 39.8 Å². The quantitative estimate of drug-likeness (QED) is 0.394. The Bertz CT molecular complexity index is 602. The highest BCUT2D eigenvalue weighted by molar-refractivity contribution is 5.92. The number of aromatic nitrogens is 2. The van der Waals surface area contributed by atoms with E-state index in [1.807, 2.05) is 27.7 Å². The molecule has 146 valence electrons. The number of H-pyrrole nitrogens is 1. The van der Waals surface area contributed by atoms with Gasteiger partial charge in [0.2, 0.25) is 11.8 Å². The fraction of sp³-hybridized carbons (Fsp3) is 0.647. The highest BCUT2D eigenvalue weighted by Crippen LogP contribution is 2.10. The van der Waals surface area contributed by atoms with Gasteiger partial charge in [-0.15, -0.1) is 0 Å². The summed E-state index contributed by atoms with van der Waals surface area (Å²) in [6, 6.07) is -2.74. The molecule has 1 rings (SSSR count). The van der Waals surface area contributed by atoms with E-state index in [0.29, 0.717) is 12.1 Å². The van der Waals surface area contributed by atoms with Crippen molar-refractivity contribution in [2.24, 2.45) is 17.6 Å². The standard InChI is InChI=1S/C17H29N5O4/c1-5-10(4)14(22-15(23)13(18)9(2)3)16(24)21-12(17(25)26)6-11-7-19-8-20-11/h7-10,12-14H,5-6,18H2,1-4H3,(H,19,20)(H,21,24)(H,22,23)(H,25,26). The number of imidazole rings is 1. The molecular formula is C17H29N5O4. The second-order valence-corrected chi connectivity index (χ2v) is 6.82. The average Bonchev–Trinajstić information content (AvgIpc) is 3.10. The number of carboxylic acid groups (broad SMARTS) is 1. The number of amides is 2. The third-order valence-electron chi connectivity index (χ3n) is 4.41. The maximum Gasteiger partial charge on any atom is 0.326 e. The van der Waals surface area contributed by atoms with Gasteiger partial charge in [-0.25, -0.2) is 9.78 Å². The van der Waals surface area contributed by atoms with Crippen LogP contribution in [0, 0.1) is 11.8 Å². The molecule has 0 aromatic carbocycles. The first-order valence-electron chi connectivity index (χ1n) is 8.73. The van der Waals surface area contributed by atoms with Gasteiger partial charge in [-0.1, -0.05) is 34.1 Å². The number of aromatic amines is 1. The predicted molar refractivity (Wildman–Crippen MR) is 96.1 cm³/mol. The summed E-state index contributed by atoms with van der Waals surface area (Å²) in [7, 11) is 0. The fourth-order valence-electron chi connectivity index (χ4n) is 2.33. The monoisotopic (exact) mass is 367 g/mol. The first kappa shape index (κ1) is 21.6. The molecule has 2 amide bonds. The highest BCUT2D eigenvalue weighted by atomic mass is 16.4. The molecule has 0 aliphatic rings. The number of carbonyl (C=O) groups is 3. The summed E-state index contributed by atoms with van der Waals surface area (Å²) < 4.78 is 0. The highest BCUT2D eigenvalue weighted by Gasteiger charge is 2.31.